The van der Waals surface area contributed by atoms with Crippen LogP contribution in [0.5, 0.6) is 0 Å². The first-order chi connectivity index (χ1) is 6.45. The van der Waals surface area contributed by atoms with Crippen LogP contribution in [-0.4, -0.2) is 31.2 Å². The Labute approximate surface area is 82.3 Å². The predicted molar refractivity (Wildman–Crippen MR) is 52.3 cm³/mol. The van der Waals surface area contributed by atoms with Crippen molar-refractivity contribution in [3.8, 4) is 0 Å². The fraction of sp³-hybridized carbons (Fsp3) is 0.429. The van der Waals surface area contributed by atoms with Crippen LogP contribution in [0.3, 0.4) is 0 Å². The first-order valence-electron chi connectivity index (χ1n) is 3.96. The summed E-state index contributed by atoms with van der Waals surface area (Å²) in [6, 6.07) is 0. The van der Waals surface area contributed by atoms with Gasteiger partial charge >= 0.3 is 0 Å². The first-order valence-corrected chi connectivity index (χ1v) is 5.86. The predicted octanol–water partition coefficient (Wildman–Crippen LogP) is -1.04. The van der Waals surface area contributed by atoms with E-state index in [-0.39, 0.29) is 11.0 Å². The largest absolute Gasteiger partial charge is 0.368 e. The van der Waals surface area contributed by atoms with E-state index < -0.39 is 9.84 Å². The van der Waals surface area contributed by atoms with Gasteiger partial charge < -0.3 is 11.5 Å². The molecule has 1 aromatic heterocycles. The third kappa shape index (κ3) is 2.39. The van der Waals surface area contributed by atoms with Gasteiger partial charge in [-0.25, -0.2) is 18.4 Å². The molecule has 1 rings (SSSR count). The van der Waals surface area contributed by atoms with Gasteiger partial charge in [-0.05, 0) is 13.0 Å². The quantitative estimate of drug-likeness (QED) is 0.624. The van der Waals surface area contributed by atoms with Gasteiger partial charge in [0.25, 0.3) is 0 Å². The zero-order chi connectivity index (χ0) is 10.8. The van der Waals surface area contributed by atoms with Crippen molar-refractivity contribution in [2.75, 3.05) is 18.5 Å². The highest BCUT2D eigenvalue weighted by Gasteiger charge is 2.15. The average molecular weight is 216 g/mol. The second-order valence-electron chi connectivity index (χ2n) is 2.87. The van der Waals surface area contributed by atoms with Crippen molar-refractivity contribution in [2.45, 2.75) is 11.4 Å². The van der Waals surface area contributed by atoms with E-state index >= 15 is 0 Å². The number of hydrogen-bond donors (Lipinski definition) is 2. The van der Waals surface area contributed by atoms with Crippen LogP contribution in [-0.2, 0) is 16.3 Å². The highest BCUT2D eigenvalue weighted by atomic mass is 32.2. The summed E-state index contributed by atoms with van der Waals surface area (Å²) >= 11 is 0. The van der Waals surface area contributed by atoms with Crippen molar-refractivity contribution in [3.05, 3.63) is 11.8 Å². The topological polar surface area (TPSA) is 112 Å². The summed E-state index contributed by atoms with van der Waals surface area (Å²) in [5.41, 5.74) is 11.1. The minimum absolute atomic E-state index is 0.0320. The van der Waals surface area contributed by atoms with Crippen molar-refractivity contribution < 1.29 is 8.42 Å². The van der Waals surface area contributed by atoms with E-state index in [0.29, 0.717) is 18.5 Å². The molecule has 0 aromatic carbocycles. The van der Waals surface area contributed by atoms with Crippen LogP contribution in [0.2, 0.25) is 0 Å². The molecular weight excluding hydrogens is 204 g/mol. The number of anilines is 1. The summed E-state index contributed by atoms with van der Waals surface area (Å²) in [6.07, 6.45) is 2.89. The second-order valence-corrected chi connectivity index (χ2v) is 4.80. The molecular formula is C7H12N4O2S. The Morgan fingerprint density at radius 1 is 1.50 bits per heavy atom. The molecule has 1 heterocycles. The zero-order valence-corrected chi connectivity index (χ0v) is 8.58. The van der Waals surface area contributed by atoms with Gasteiger partial charge in [0.2, 0.25) is 5.95 Å². The smallest absolute Gasteiger partial charge is 0.221 e. The van der Waals surface area contributed by atoms with Crippen LogP contribution in [0.25, 0.3) is 0 Å². The lowest BCUT2D eigenvalue weighted by atomic mass is 10.2. The van der Waals surface area contributed by atoms with E-state index in [9.17, 15) is 8.42 Å². The molecule has 0 aliphatic carbocycles. The van der Waals surface area contributed by atoms with E-state index in [2.05, 4.69) is 9.97 Å². The molecule has 7 heteroatoms. The maximum atomic E-state index is 11.3. The lowest BCUT2D eigenvalue weighted by molar-refractivity contribution is 0.596. The van der Waals surface area contributed by atoms with E-state index in [0.717, 1.165) is 6.26 Å². The Morgan fingerprint density at radius 2 is 2.14 bits per heavy atom. The van der Waals surface area contributed by atoms with Gasteiger partial charge in [-0.1, -0.05) is 0 Å². The summed E-state index contributed by atoms with van der Waals surface area (Å²) in [6.45, 7) is 0.343. The van der Waals surface area contributed by atoms with Gasteiger partial charge in [-0.15, -0.1) is 0 Å². The fourth-order valence-corrected chi connectivity index (χ4v) is 1.94. The van der Waals surface area contributed by atoms with Gasteiger partial charge in [-0.3, -0.25) is 0 Å². The van der Waals surface area contributed by atoms with Crippen LogP contribution in [0.15, 0.2) is 11.2 Å². The number of nitrogens with zero attached hydrogens (tertiary/aromatic N) is 2. The van der Waals surface area contributed by atoms with Gasteiger partial charge in [0.05, 0.1) is 0 Å². The molecule has 0 unspecified atom stereocenters. The maximum absolute atomic E-state index is 11.3. The van der Waals surface area contributed by atoms with E-state index in [4.69, 9.17) is 11.5 Å². The van der Waals surface area contributed by atoms with Gasteiger partial charge in [0.1, 0.15) is 0 Å². The highest BCUT2D eigenvalue weighted by molar-refractivity contribution is 7.90. The third-order valence-electron chi connectivity index (χ3n) is 1.61. The number of sulfone groups is 1. The highest BCUT2D eigenvalue weighted by Crippen LogP contribution is 2.12. The van der Waals surface area contributed by atoms with Gasteiger partial charge in [-0.2, -0.15) is 0 Å². The minimum atomic E-state index is -3.36. The van der Waals surface area contributed by atoms with Crippen molar-refractivity contribution in [2.24, 2.45) is 5.73 Å². The van der Waals surface area contributed by atoms with Crippen LogP contribution in [0.4, 0.5) is 5.95 Å². The fourth-order valence-electron chi connectivity index (χ4n) is 1.05. The Kier molecular flexibility index (Phi) is 3.02. The van der Waals surface area contributed by atoms with Crippen LogP contribution in [0, 0.1) is 0 Å². The molecule has 14 heavy (non-hydrogen) atoms. The summed E-state index contributed by atoms with van der Waals surface area (Å²) in [7, 11) is -3.36. The molecule has 0 saturated heterocycles. The molecule has 0 bridgehead atoms. The summed E-state index contributed by atoms with van der Waals surface area (Å²) in [5.74, 6) is -0.0498. The maximum Gasteiger partial charge on any atom is 0.221 e. The monoisotopic (exact) mass is 216 g/mol. The standard InChI is InChI=1S/C7H12N4O2S/c1-14(12,13)6-5(2-3-8)4-10-7(9)11-6/h4H,2-3,8H2,1H3,(H2,9,10,11). The van der Waals surface area contributed by atoms with Crippen LogP contribution >= 0.6 is 0 Å². The van der Waals surface area contributed by atoms with Crippen molar-refractivity contribution in [1.82, 2.24) is 9.97 Å². The Balaban J connectivity index is 3.30. The number of aromatic nitrogens is 2. The molecule has 0 radical (unpaired) electrons. The molecule has 0 aliphatic rings. The second kappa shape index (κ2) is 3.89. The minimum Gasteiger partial charge on any atom is -0.368 e. The van der Waals surface area contributed by atoms with Gasteiger partial charge in [0.15, 0.2) is 14.9 Å². The molecule has 0 amide bonds. The average Bonchev–Trinajstić information content (AvgIpc) is 2.07. The molecule has 4 N–H and O–H groups in total. The summed E-state index contributed by atoms with van der Waals surface area (Å²) in [5, 5.41) is -0.0320. The molecule has 0 aliphatic heterocycles. The Morgan fingerprint density at radius 3 is 2.64 bits per heavy atom. The lowest BCUT2D eigenvalue weighted by Gasteiger charge is -2.05. The van der Waals surface area contributed by atoms with Crippen molar-refractivity contribution in [1.29, 1.82) is 0 Å². The number of nitrogen functional groups attached to an aromatic ring is 1. The third-order valence-corrected chi connectivity index (χ3v) is 2.66. The van der Waals surface area contributed by atoms with Crippen LogP contribution < -0.4 is 11.5 Å². The lowest BCUT2D eigenvalue weighted by Crippen LogP contribution is -2.12. The molecule has 78 valence electrons. The molecule has 0 fully saturated rings. The van der Waals surface area contributed by atoms with Gasteiger partial charge in [0, 0.05) is 18.0 Å². The van der Waals surface area contributed by atoms with Crippen LogP contribution in [0.1, 0.15) is 5.56 Å². The normalized spacial score (nSPS) is 11.6. The Bertz CT molecular complexity index is 429. The van der Waals surface area contributed by atoms with E-state index in [1.807, 2.05) is 0 Å². The summed E-state index contributed by atoms with van der Waals surface area (Å²) < 4.78 is 22.6. The first kappa shape index (κ1) is 10.9. The summed E-state index contributed by atoms with van der Waals surface area (Å²) in [4.78, 5) is 7.40. The number of nitrogens with two attached hydrogens (primary N) is 2. The zero-order valence-electron chi connectivity index (χ0n) is 7.77. The number of rotatable bonds is 3. The number of hydrogen-bond acceptors (Lipinski definition) is 6. The van der Waals surface area contributed by atoms with Crippen molar-refractivity contribution >= 4 is 15.8 Å². The van der Waals surface area contributed by atoms with E-state index in [1.165, 1.54) is 6.20 Å². The van der Waals surface area contributed by atoms with E-state index in [1.54, 1.807) is 0 Å². The Hall–Kier alpha value is -1.21. The van der Waals surface area contributed by atoms with Crippen molar-refractivity contribution in [3.63, 3.8) is 0 Å². The molecule has 0 saturated carbocycles. The molecule has 6 nitrogen and oxygen atoms in total. The molecule has 0 spiro atoms. The molecule has 1 aromatic rings. The SMILES string of the molecule is CS(=O)(=O)c1nc(N)ncc1CCN. The molecule has 0 atom stereocenters.